The fraction of sp³-hybridized carbons (Fsp3) is 0.778. The maximum absolute atomic E-state index is 11.0. The molecule has 0 saturated carbocycles. The first kappa shape index (κ1) is 48.5. The number of ether oxygens (including phenoxy) is 14. The summed E-state index contributed by atoms with van der Waals surface area (Å²) in [7, 11) is 1.35. The highest BCUT2D eigenvalue weighted by Crippen LogP contribution is 2.15. The van der Waals surface area contributed by atoms with Crippen LogP contribution in [0.25, 0.3) is 0 Å². The number of amides is 1. The minimum atomic E-state index is -0.290. The second-order valence-electron chi connectivity index (χ2n) is 10.7. The Hall–Kier alpha value is -2.52. The summed E-state index contributed by atoms with van der Waals surface area (Å²) in [5.41, 5.74) is 0.728. The van der Waals surface area contributed by atoms with Gasteiger partial charge in [0.25, 0.3) is 0 Å². The predicted octanol–water partition coefficient (Wildman–Crippen LogP) is 1.79. The van der Waals surface area contributed by atoms with E-state index in [1.165, 1.54) is 14.0 Å². The molecule has 1 N–H and O–H groups in total. The molecule has 0 unspecified atom stereocenters. The zero-order chi connectivity index (χ0) is 38.1. The minimum Gasteiger partial charge on any atom is -0.491 e. The normalized spacial score (nSPS) is 11.2. The molecule has 17 nitrogen and oxygen atoms in total. The third-order valence-corrected chi connectivity index (χ3v) is 6.44. The summed E-state index contributed by atoms with van der Waals surface area (Å²) in [4.78, 5) is 22.0. The van der Waals surface area contributed by atoms with Gasteiger partial charge in [-0.15, -0.1) is 0 Å². The van der Waals surface area contributed by atoms with Crippen LogP contribution >= 0.6 is 0 Å². The molecule has 0 aromatic heterocycles. The molecule has 17 heteroatoms. The number of carbonyl (C=O) groups is 2. The van der Waals surface area contributed by atoms with Crippen molar-refractivity contribution in [3.63, 3.8) is 0 Å². The average molecular weight is 766 g/mol. The van der Waals surface area contributed by atoms with Crippen molar-refractivity contribution in [1.82, 2.24) is 0 Å². The molecule has 0 saturated heterocycles. The van der Waals surface area contributed by atoms with E-state index in [1.807, 2.05) is 0 Å². The van der Waals surface area contributed by atoms with Crippen LogP contribution in [0.15, 0.2) is 24.3 Å². The Labute approximate surface area is 314 Å². The van der Waals surface area contributed by atoms with Crippen LogP contribution in [0.2, 0.25) is 0 Å². The molecule has 0 aliphatic heterocycles. The Morgan fingerprint density at radius 1 is 0.415 bits per heavy atom. The van der Waals surface area contributed by atoms with Crippen molar-refractivity contribution in [2.24, 2.45) is 0 Å². The molecule has 0 aliphatic rings. The van der Waals surface area contributed by atoms with E-state index in [-0.39, 0.29) is 18.3 Å². The summed E-state index contributed by atoms with van der Waals surface area (Å²) in [6.45, 7) is 13.2. The lowest BCUT2D eigenvalue weighted by Gasteiger charge is -2.09. The number of esters is 1. The van der Waals surface area contributed by atoms with E-state index >= 15 is 0 Å². The van der Waals surface area contributed by atoms with E-state index in [9.17, 15) is 9.59 Å². The van der Waals surface area contributed by atoms with Crippen molar-refractivity contribution in [2.75, 3.05) is 178 Å². The number of hydrogen-bond acceptors (Lipinski definition) is 16. The van der Waals surface area contributed by atoms with Gasteiger partial charge >= 0.3 is 5.97 Å². The average Bonchev–Trinajstić information content (AvgIpc) is 3.16. The van der Waals surface area contributed by atoms with Crippen molar-refractivity contribution < 1.29 is 75.9 Å². The number of benzene rings is 1. The Morgan fingerprint density at radius 2 is 0.679 bits per heavy atom. The van der Waals surface area contributed by atoms with E-state index in [1.54, 1.807) is 24.3 Å². The summed E-state index contributed by atoms with van der Waals surface area (Å²) >= 11 is 0. The van der Waals surface area contributed by atoms with E-state index in [2.05, 4.69) is 10.1 Å². The van der Waals surface area contributed by atoms with Gasteiger partial charge in [0.15, 0.2) is 0 Å². The second kappa shape index (κ2) is 39.2. The third kappa shape index (κ3) is 36.2. The summed E-state index contributed by atoms with van der Waals surface area (Å²) in [6, 6.07) is 7.16. The standard InChI is InChI=1S/C36H63NO16/c1-33(38)37-34-3-5-35(6-4-34)53-32-31-52-30-29-51-28-27-50-26-25-49-24-23-48-22-21-47-20-19-46-18-17-45-16-15-44-14-13-43-12-11-42-10-9-41-8-7-36(39)40-2/h3-6H,7-32H2,1-2H3,(H,37,38). The summed E-state index contributed by atoms with van der Waals surface area (Å²) in [5, 5.41) is 2.71. The van der Waals surface area contributed by atoms with E-state index in [0.717, 1.165) is 5.69 Å². The number of rotatable bonds is 41. The highest BCUT2D eigenvalue weighted by Gasteiger charge is 2.01. The third-order valence-electron chi connectivity index (χ3n) is 6.44. The van der Waals surface area contributed by atoms with Crippen LogP contribution in [0.1, 0.15) is 13.3 Å². The monoisotopic (exact) mass is 765 g/mol. The first-order valence-electron chi connectivity index (χ1n) is 18.1. The smallest absolute Gasteiger partial charge is 0.307 e. The number of nitrogens with one attached hydrogen (secondary N) is 1. The van der Waals surface area contributed by atoms with E-state index in [0.29, 0.717) is 171 Å². The van der Waals surface area contributed by atoms with Crippen molar-refractivity contribution in [1.29, 1.82) is 0 Å². The quantitative estimate of drug-likeness (QED) is 0.0754. The first-order valence-corrected chi connectivity index (χ1v) is 18.1. The van der Waals surface area contributed by atoms with Crippen molar-refractivity contribution in [3.05, 3.63) is 24.3 Å². The topological polar surface area (TPSA) is 175 Å². The number of carbonyl (C=O) groups excluding carboxylic acids is 2. The summed E-state index contributed by atoms with van der Waals surface area (Å²) < 4.78 is 75.5. The Kier molecular flexibility index (Phi) is 35.9. The highest BCUT2D eigenvalue weighted by molar-refractivity contribution is 5.88. The molecule has 0 spiro atoms. The fourth-order valence-electron chi connectivity index (χ4n) is 3.83. The van der Waals surface area contributed by atoms with Crippen LogP contribution in [-0.2, 0) is 71.2 Å². The SMILES string of the molecule is COC(=O)CCOCCOCCOCCOCCOCCOCCOCCOCCOCCOCCOCCOCCOc1ccc(NC(C)=O)cc1. The van der Waals surface area contributed by atoms with Crippen LogP contribution in [0.4, 0.5) is 5.69 Å². The molecule has 0 aliphatic carbocycles. The molecule has 1 amide bonds. The largest absolute Gasteiger partial charge is 0.491 e. The summed E-state index contributed by atoms with van der Waals surface area (Å²) in [6.07, 6.45) is 0.240. The van der Waals surface area contributed by atoms with Gasteiger partial charge in [0.05, 0.1) is 172 Å². The number of anilines is 1. The van der Waals surface area contributed by atoms with Gasteiger partial charge in [-0.1, -0.05) is 0 Å². The number of hydrogen-bond donors (Lipinski definition) is 1. The van der Waals surface area contributed by atoms with Crippen molar-refractivity contribution >= 4 is 17.6 Å². The molecule has 1 aromatic carbocycles. The van der Waals surface area contributed by atoms with Gasteiger partial charge in [-0.05, 0) is 24.3 Å². The fourth-order valence-corrected chi connectivity index (χ4v) is 3.83. The zero-order valence-corrected chi connectivity index (χ0v) is 31.7. The first-order chi connectivity index (χ1) is 26.1. The zero-order valence-electron chi connectivity index (χ0n) is 31.7. The Balaban J connectivity index is 1.64. The maximum Gasteiger partial charge on any atom is 0.307 e. The Morgan fingerprint density at radius 3 is 0.943 bits per heavy atom. The van der Waals surface area contributed by atoms with Crippen molar-refractivity contribution in [2.45, 2.75) is 13.3 Å². The molecular formula is C36H63NO16. The molecule has 0 heterocycles. The molecule has 0 radical (unpaired) electrons. The van der Waals surface area contributed by atoms with Gasteiger partial charge in [0.1, 0.15) is 12.4 Å². The van der Waals surface area contributed by atoms with Crippen LogP contribution in [0.3, 0.4) is 0 Å². The molecule has 0 fully saturated rings. The Bertz CT molecular complexity index is 943. The second-order valence-corrected chi connectivity index (χ2v) is 10.7. The minimum absolute atomic E-state index is 0.112. The number of methoxy groups -OCH3 is 1. The molecule has 0 bridgehead atoms. The van der Waals surface area contributed by atoms with Gasteiger partial charge in [0.2, 0.25) is 5.91 Å². The van der Waals surface area contributed by atoms with Crippen LogP contribution in [-0.4, -0.2) is 184 Å². The van der Waals surface area contributed by atoms with Gasteiger partial charge in [-0.2, -0.15) is 0 Å². The molecule has 53 heavy (non-hydrogen) atoms. The molecular weight excluding hydrogens is 702 g/mol. The predicted molar refractivity (Wildman–Crippen MR) is 193 cm³/mol. The van der Waals surface area contributed by atoms with Gasteiger partial charge < -0.3 is 71.6 Å². The van der Waals surface area contributed by atoms with Crippen LogP contribution in [0, 0.1) is 0 Å². The lowest BCUT2D eigenvalue weighted by atomic mass is 10.3. The molecule has 1 aromatic rings. The van der Waals surface area contributed by atoms with E-state index in [4.69, 9.17) is 61.6 Å². The van der Waals surface area contributed by atoms with Gasteiger partial charge in [-0.25, -0.2) is 0 Å². The maximum atomic E-state index is 11.0. The van der Waals surface area contributed by atoms with Crippen molar-refractivity contribution in [3.8, 4) is 5.75 Å². The van der Waals surface area contributed by atoms with Crippen LogP contribution < -0.4 is 10.1 Å². The lowest BCUT2D eigenvalue weighted by molar-refractivity contribution is -0.142. The lowest BCUT2D eigenvalue weighted by Crippen LogP contribution is -2.15. The van der Waals surface area contributed by atoms with Crippen LogP contribution in [0.5, 0.6) is 5.75 Å². The van der Waals surface area contributed by atoms with E-state index < -0.39 is 0 Å². The molecule has 308 valence electrons. The van der Waals surface area contributed by atoms with Gasteiger partial charge in [-0.3, -0.25) is 9.59 Å². The highest BCUT2D eigenvalue weighted by atomic mass is 16.6. The van der Waals surface area contributed by atoms with Gasteiger partial charge in [0, 0.05) is 12.6 Å². The molecule has 1 rings (SSSR count). The summed E-state index contributed by atoms with van der Waals surface area (Å²) in [5.74, 6) is 0.311. The molecule has 0 atom stereocenters.